The van der Waals surface area contributed by atoms with Gasteiger partial charge in [-0.1, -0.05) is 12.1 Å². The number of nitrogens with one attached hydrogen (secondary N) is 1. The SMILES string of the molecule is NCc1cccc(NC(=O)CCC(F)(F)F)c1. The fourth-order valence-corrected chi connectivity index (χ4v) is 1.25. The minimum atomic E-state index is -4.31. The van der Waals surface area contributed by atoms with Gasteiger partial charge in [0.2, 0.25) is 5.91 Å². The number of amides is 1. The fraction of sp³-hybridized carbons (Fsp3) is 0.364. The van der Waals surface area contributed by atoms with Crippen molar-refractivity contribution >= 4 is 11.6 Å². The Labute approximate surface area is 96.8 Å². The number of hydrogen-bond donors (Lipinski definition) is 2. The second-order valence-electron chi connectivity index (χ2n) is 3.57. The minimum absolute atomic E-state index is 0.312. The van der Waals surface area contributed by atoms with E-state index in [0.717, 1.165) is 5.56 Å². The van der Waals surface area contributed by atoms with Crippen LogP contribution in [0.4, 0.5) is 18.9 Å². The van der Waals surface area contributed by atoms with Gasteiger partial charge in [-0.15, -0.1) is 0 Å². The third kappa shape index (κ3) is 5.35. The van der Waals surface area contributed by atoms with Crippen molar-refractivity contribution in [2.45, 2.75) is 25.6 Å². The van der Waals surface area contributed by atoms with Gasteiger partial charge in [0.05, 0.1) is 6.42 Å². The van der Waals surface area contributed by atoms with Crippen molar-refractivity contribution in [2.24, 2.45) is 5.73 Å². The lowest BCUT2D eigenvalue weighted by molar-refractivity contribution is -0.142. The van der Waals surface area contributed by atoms with Crippen LogP contribution in [0.25, 0.3) is 0 Å². The van der Waals surface area contributed by atoms with E-state index in [9.17, 15) is 18.0 Å². The van der Waals surface area contributed by atoms with Crippen LogP contribution in [0.2, 0.25) is 0 Å². The maximum atomic E-state index is 11.9. The molecule has 0 atom stereocenters. The second kappa shape index (κ2) is 5.67. The maximum absolute atomic E-state index is 11.9. The van der Waals surface area contributed by atoms with Crippen molar-refractivity contribution in [3.05, 3.63) is 29.8 Å². The van der Waals surface area contributed by atoms with Gasteiger partial charge >= 0.3 is 6.18 Å². The number of halogens is 3. The third-order valence-corrected chi connectivity index (χ3v) is 2.08. The topological polar surface area (TPSA) is 55.1 Å². The van der Waals surface area contributed by atoms with E-state index in [1.807, 2.05) is 0 Å². The van der Waals surface area contributed by atoms with E-state index >= 15 is 0 Å². The molecule has 0 aliphatic heterocycles. The number of carbonyl (C=O) groups excluding carboxylic acids is 1. The Hall–Kier alpha value is -1.56. The van der Waals surface area contributed by atoms with Crippen LogP contribution in [0.5, 0.6) is 0 Å². The quantitative estimate of drug-likeness (QED) is 0.857. The average Bonchev–Trinajstić information content (AvgIpc) is 2.26. The highest BCUT2D eigenvalue weighted by molar-refractivity contribution is 5.90. The second-order valence-corrected chi connectivity index (χ2v) is 3.57. The number of benzene rings is 1. The lowest BCUT2D eigenvalue weighted by Gasteiger charge is -2.08. The van der Waals surface area contributed by atoms with Gasteiger partial charge in [0.1, 0.15) is 0 Å². The Kier molecular flexibility index (Phi) is 4.51. The van der Waals surface area contributed by atoms with Crippen LogP contribution in [0, 0.1) is 0 Å². The zero-order valence-corrected chi connectivity index (χ0v) is 9.05. The molecule has 0 aliphatic carbocycles. The van der Waals surface area contributed by atoms with Gasteiger partial charge in [0.25, 0.3) is 0 Å². The highest BCUT2D eigenvalue weighted by Crippen LogP contribution is 2.21. The molecule has 1 aromatic rings. The summed E-state index contributed by atoms with van der Waals surface area (Å²) in [6, 6.07) is 6.68. The van der Waals surface area contributed by atoms with Gasteiger partial charge in [-0.2, -0.15) is 13.2 Å². The first-order valence-electron chi connectivity index (χ1n) is 5.06. The zero-order valence-electron chi connectivity index (χ0n) is 9.05. The predicted molar refractivity (Wildman–Crippen MR) is 58.3 cm³/mol. The normalized spacial score (nSPS) is 11.3. The molecule has 1 amide bonds. The number of anilines is 1. The van der Waals surface area contributed by atoms with Gasteiger partial charge in [0, 0.05) is 18.7 Å². The van der Waals surface area contributed by atoms with Crippen molar-refractivity contribution in [3.8, 4) is 0 Å². The smallest absolute Gasteiger partial charge is 0.326 e. The van der Waals surface area contributed by atoms with Gasteiger partial charge in [-0.25, -0.2) is 0 Å². The van der Waals surface area contributed by atoms with Gasteiger partial charge < -0.3 is 11.1 Å². The molecular formula is C11H13F3N2O. The molecule has 0 aromatic heterocycles. The Balaban J connectivity index is 2.50. The molecule has 0 saturated carbocycles. The maximum Gasteiger partial charge on any atom is 0.389 e. The molecule has 1 rings (SSSR count). The molecule has 94 valence electrons. The summed E-state index contributed by atoms with van der Waals surface area (Å²) in [6.07, 6.45) is -6.00. The van der Waals surface area contributed by atoms with Crippen LogP contribution in [0.3, 0.4) is 0 Å². The van der Waals surface area contributed by atoms with Crippen molar-refractivity contribution in [1.82, 2.24) is 0 Å². The van der Waals surface area contributed by atoms with E-state index < -0.39 is 24.9 Å². The molecular weight excluding hydrogens is 233 g/mol. The summed E-state index contributed by atoms with van der Waals surface area (Å²) in [7, 11) is 0. The summed E-state index contributed by atoms with van der Waals surface area (Å²) in [6.45, 7) is 0.312. The Morgan fingerprint density at radius 3 is 2.65 bits per heavy atom. The standard InChI is InChI=1S/C11H13F3N2O/c12-11(13,14)5-4-10(17)16-9-3-1-2-8(6-9)7-15/h1-3,6H,4-5,7,15H2,(H,16,17). The van der Waals surface area contributed by atoms with Crippen molar-refractivity contribution in [1.29, 1.82) is 0 Å². The lowest BCUT2D eigenvalue weighted by Crippen LogP contribution is -2.16. The summed E-state index contributed by atoms with van der Waals surface area (Å²) in [5.41, 5.74) is 6.67. The van der Waals surface area contributed by atoms with Gasteiger partial charge in [0.15, 0.2) is 0 Å². The van der Waals surface area contributed by atoms with Crippen LogP contribution < -0.4 is 11.1 Å². The van der Waals surface area contributed by atoms with E-state index in [1.165, 1.54) is 0 Å². The molecule has 0 spiro atoms. The lowest BCUT2D eigenvalue weighted by atomic mass is 10.2. The molecule has 0 fully saturated rings. The van der Waals surface area contributed by atoms with E-state index in [1.54, 1.807) is 24.3 Å². The predicted octanol–water partition coefficient (Wildman–Crippen LogP) is 2.43. The molecule has 3 N–H and O–H groups in total. The zero-order chi connectivity index (χ0) is 12.9. The Bertz CT molecular complexity index is 391. The summed E-state index contributed by atoms with van der Waals surface area (Å²) in [5, 5.41) is 2.39. The van der Waals surface area contributed by atoms with Gasteiger partial charge in [-0.05, 0) is 17.7 Å². The largest absolute Gasteiger partial charge is 0.389 e. The van der Waals surface area contributed by atoms with Crippen LogP contribution >= 0.6 is 0 Å². The van der Waals surface area contributed by atoms with E-state index in [0.29, 0.717) is 12.2 Å². The summed E-state index contributed by atoms with van der Waals surface area (Å²) in [4.78, 5) is 11.2. The Morgan fingerprint density at radius 2 is 2.06 bits per heavy atom. The first-order valence-corrected chi connectivity index (χ1v) is 5.06. The monoisotopic (exact) mass is 246 g/mol. The molecule has 0 radical (unpaired) electrons. The van der Waals surface area contributed by atoms with E-state index in [2.05, 4.69) is 5.32 Å². The highest BCUT2D eigenvalue weighted by atomic mass is 19.4. The van der Waals surface area contributed by atoms with Crippen molar-refractivity contribution < 1.29 is 18.0 Å². The number of rotatable bonds is 4. The molecule has 0 heterocycles. The van der Waals surface area contributed by atoms with Crippen molar-refractivity contribution in [3.63, 3.8) is 0 Å². The minimum Gasteiger partial charge on any atom is -0.326 e. The molecule has 0 saturated heterocycles. The molecule has 0 aliphatic rings. The van der Waals surface area contributed by atoms with Gasteiger partial charge in [-0.3, -0.25) is 4.79 Å². The average molecular weight is 246 g/mol. The van der Waals surface area contributed by atoms with Crippen LogP contribution in [0.1, 0.15) is 18.4 Å². The fourth-order valence-electron chi connectivity index (χ4n) is 1.25. The summed E-state index contributed by atoms with van der Waals surface area (Å²) in [5.74, 6) is -0.656. The molecule has 6 heteroatoms. The summed E-state index contributed by atoms with van der Waals surface area (Å²) >= 11 is 0. The molecule has 0 unspecified atom stereocenters. The first-order chi connectivity index (χ1) is 7.90. The molecule has 3 nitrogen and oxygen atoms in total. The number of carbonyl (C=O) groups is 1. The van der Waals surface area contributed by atoms with Crippen LogP contribution in [0.15, 0.2) is 24.3 Å². The molecule has 17 heavy (non-hydrogen) atoms. The Morgan fingerprint density at radius 1 is 1.35 bits per heavy atom. The number of alkyl halides is 3. The van der Waals surface area contributed by atoms with Crippen molar-refractivity contribution in [2.75, 3.05) is 5.32 Å². The number of nitrogens with two attached hydrogens (primary N) is 1. The van der Waals surface area contributed by atoms with Crippen LogP contribution in [-0.2, 0) is 11.3 Å². The molecule has 1 aromatic carbocycles. The summed E-state index contributed by atoms with van der Waals surface area (Å²) < 4.78 is 35.6. The van der Waals surface area contributed by atoms with Crippen LogP contribution in [-0.4, -0.2) is 12.1 Å². The molecule has 0 bridgehead atoms. The first kappa shape index (κ1) is 13.5. The third-order valence-electron chi connectivity index (χ3n) is 2.08. The van der Waals surface area contributed by atoms with E-state index in [-0.39, 0.29) is 0 Å². The van der Waals surface area contributed by atoms with E-state index in [4.69, 9.17) is 5.73 Å². The number of hydrogen-bond acceptors (Lipinski definition) is 2. The highest BCUT2D eigenvalue weighted by Gasteiger charge is 2.27.